The second-order valence-corrected chi connectivity index (χ2v) is 5.71. The topological polar surface area (TPSA) is 44.7 Å². The average Bonchev–Trinajstić information content (AvgIpc) is 2.48. The lowest BCUT2D eigenvalue weighted by Crippen LogP contribution is -2.34. The zero-order valence-electron chi connectivity index (χ0n) is 11.4. The quantitative estimate of drug-likeness (QED) is 0.870. The lowest BCUT2D eigenvalue weighted by Gasteiger charge is -2.25. The summed E-state index contributed by atoms with van der Waals surface area (Å²) >= 11 is 6.21. The summed E-state index contributed by atoms with van der Waals surface area (Å²) in [7, 11) is 0. The second kappa shape index (κ2) is 5.94. The standard InChI is InChI=1S/C15H18ClN3O/c16-12-8-11(9-13-15(12)18-5-4-17-13)14(20)10-19-6-2-1-3-7-19/h5,8-9,17H,1-4,6-7,10H2. The smallest absolute Gasteiger partial charge is 0.176 e. The number of hydrogen-bond donors (Lipinski definition) is 1. The number of piperidine rings is 1. The molecule has 0 saturated carbocycles. The SMILES string of the molecule is O=C(CN1CCCCC1)c1cc(Cl)c2c(c1)NCC=N2. The van der Waals surface area contributed by atoms with Gasteiger partial charge in [0.05, 0.1) is 23.8 Å². The molecular weight excluding hydrogens is 274 g/mol. The highest BCUT2D eigenvalue weighted by Crippen LogP contribution is 2.36. The van der Waals surface area contributed by atoms with Gasteiger partial charge in [0, 0.05) is 11.8 Å². The number of benzene rings is 1. The van der Waals surface area contributed by atoms with Crippen LogP contribution >= 0.6 is 11.6 Å². The zero-order valence-corrected chi connectivity index (χ0v) is 12.1. The maximum atomic E-state index is 12.4. The Hall–Kier alpha value is -1.39. The van der Waals surface area contributed by atoms with Gasteiger partial charge in [0.2, 0.25) is 0 Å². The van der Waals surface area contributed by atoms with E-state index in [9.17, 15) is 4.79 Å². The number of hydrogen-bond acceptors (Lipinski definition) is 4. The molecule has 0 bridgehead atoms. The molecule has 1 fully saturated rings. The molecule has 2 aliphatic heterocycles. The number of anilines is 1. The highest BCUT2D eigenvalue weighted by Gasteiger charge is 2.18. The predicted molar refractivity (Wildman–Crippen MR) is 82.7 cm³/mol. The fourth-order valence-electron chi connectivity index (χ4n) is 2.73. The summed E-state index contributed by atoms with van der Waals surface area (Å²) < 4.78 is 0. The van der Waals surface area contributed by atoms with Crippen molar-refractivity contribution >= 4 is 35.0 Å². The van der Waals surface area contributed by atoms with Crippen LogP contribution in [0, 0.1) is 0 Å². The van der Waals surface area contributed by atoms with E-state index < -0.39 is 0 Å². The second-order valence-electron chi connectivity index (χ2n) is 5.31. The summed E-state index contributed by atoms with van der Waals surface area (Å²) in [5.41, 5.74) is 2.25. The monoisotopic (exact) mass is 291 g/mol. The summed E-state index contributed by atoms with van der Waals surface area (Å²) in [6.07, 6.45) is 5.43. The van der Waals surface area contributed by atoms with Crippen LogP contribution in [0.15, 0.2) is 17.1 Å². The number of ketones is 1. The average molecular weight is 292 g/mol. The Bertz CT molecular complexity index is 550. The van der Waals surface area contributed by atoms with E-state index in [2.05, 4.69) is 15.2 Å². The van der Waals surface area contributed by atoms with Crippen LogP contribution in [-0.2, 0) is 0 Å². The Morgan fingerprint density at radius 1 is 1.30 bits per heavy atom. The van der Waals surface area contributed by atoms with Crippen molar-refractivity contribution in [1.82, 2.24) is 4.90 Å². The van der Waals surface area contributed by atoms with Crippen LogP contribution < -0.4 is 5.32 Å². The summed E-state index contributed by atoms with van der Waals surface area (Å²) in [5, 5.41) is 3.74. The molecule has 1 saturated heterocycles. The van der Waals surface area contributed by atoms with E-state index >= 15 is 0 Å². The third kappa shape index (κ3) is 2.86. The number of nitrogens with zero attached hydrogens (tertiary/aromatic N) is 2. The number of aliphatic imine (C=N–C) groups is 1. The molecule has 3 rings (SSSR count). The maximum Gasteiger partial charge on any atom is 0.176 e. The van der Waals surface area contributed by atoms with E-state index in [0.29, 0.717) is 23.7 Å². The number of nitrogens with one attached hydrogen (secondary N) is 1. The molecule has 0 aliphatic carbocycles. The third-order valence-electron chi connectivity index (χ3n) is 3.81. The van der Waals surface area contributed by atoms with Crippen molar-refractivity contribution in [2.24, 2.45) is 4.99 Å². The molecule has 4 nitrogen and oxygen atoms in total. The number of fused-ring (bicyclic) bond motifs is 1. The fraction of sp³-hybridized carbons (Fsp3) is 0.467. The Balaban J connectivity index is 1.77. The summed E-state index contributed by atoms with van der Waals surface area (Å²) in [5.74, 6) is 0.132. The van der Waals surface area contributed by atoms with Gasteiger partial charge in [-0.1, -0.05) is 18.0 Å². The number of halogens is 1. The van der Waals surface area contributed by atoms with Gasteiger partial charge in [0.25, 0.3) is 0 Å². The molecule has 2 aliphatic rings. The van der Waals surface area contributed by atoms with Crippen molar-refractivity contribution < 1.29 is 4.79 Å². The molecule has 0 atom stereocenters. The van der Waals surface area contributed by atoms with Gasteiger partial charge in [-0.25, -0.2) is 0 Å². The Morgan fingerprint density at radius 2 is 2.10 bits per heavy atom. The molecule has 1 aromatic rings. The summed E-state index contributed by atoms with van der Waals surface area (Å²) in [6.45, 7) is 3.20. The first-order chi connectivity index (χ1) is 9.74. The van der Waals surface area contributed by atoms with Crippen molar-refractivity contribution in [1.29, 1.82) is 0 Å². The molecule has 0 aromatic heterocycles. The Labute approximate surface area is 123 Å². The molecule has 1 N–H and O–H groups in total. The van der Waals surface area contributed by atoms with E-state index in [0.717, 1.165) is 24.5 Å². The molecule has 20 heavy (non-hydrogen) atoms. The minimum absolute atomic E-state index is 0.132. The molecule has 5 heteroatoms. The normalized spacial score (nSPS) is 18.4. The molecule has 0 amide bonds. The lowest BCUT2D eigenvalue weighted by atomic mass is 10.1. The van der Waals surface area contributed by atoms with Crippen molar-refractivity contribution in [3.8, 4) is 0 Å². The first kappa shape index (κ1) is 13.6. The van der Waals surface area contributed by atoms with Crippen LogP contribution in [0.4, 0.5) is 11.4 Å². The number of carbonyl (C=O) groups is 1. The molecule has 106 valence electrons. The van der Waals surface area contributed by atoms with Gasteiger partial charge in [-0.2, -0.15) is 0 Å². The number of likely N-dealkylation sites (tertiary alicyclic amines) is 1. The minimum atomic E-state index is 0.132. The largest absolute Gasteiger partial charge is 0.378 e. The molecule has 2 heterocycles. The van der Waals surface area contributed by atoms with Gasteiger partial charge >= 0.3 is 0 Å². The van der Waals surface area contributed by atoms with Crippen LogP contribution in [0.1, 0.15) is 29.6 Å². The van der Waals surface area contributed by atoms with Crippen LogP contribution in [0.25, 0.3) is 0 Å². The van der Waals surface area contributed by atoms with Crippen molar-refractivity contribution in [3.63, 3.8) is 0 Å². The van der Waals surface area contributed by atoms with Crippen LogP contribution in [0.2, 0.25) is 5.02 Å². The first-order valence-corrected chi connectivity index (χ1v) is 7.47. The predicted octanol–water partition coefficient (Wildman–Crippen LogP) is 3.14. The van der Waals surface area contributed by atoms with Gasteiger partial charge in [0.1, 0.15) is 5.69 Å². The lowest BCUT2D eigenvalue weighted by molar-refractivity contribution is 0.0916. The van der Waals surface area contributed by atoms with Gasteiger partial charge in [-0.05, 0) is 38.1 Å². The molecule has 0 radical (unpaired) electrons. The van der Waals surface area contributed by atoms with Gasteiger partial charge < -0.3 is 5.32 Å². The Kier molecular flexibility index (Phi) is 4.03. The first-order valence-electron chi connectivity index (χ1n) is 7.09. The summed E-state index contributed by atoms with van der Waals surface area (Å²) in [6, 6.07) is 3.60. The summed E-state index contributed by atoms with van der Waals surface area (Å²) in [4.78, 5) is 18.9. The van der Waals surface area contributed by atoms with Crippen molar-refractivity contribution in [2.75, 3.05) is 31.5 Å². The van der Waals surface area contributed by atoms with E-state index in [4.69, 9.17) is 11.6 Å². The van der Waals surface area contributed by atoms with Crippen LogP contribution in [0.3, 0.4) is 0 Å². The number of Topliss-reactive ketones (excluding diaryl/α,β-unsaturated/α-hetero) is 1. The fourth-order valence-corrected chi connectivity index (χ4v) is 3.00. The van der Waals surface area contributed by atoms with E-state index in [1.54, 1.807) is 12.3 Å². The van der Waals surface area contributed by atoms with Crippen LogP contribution in [0.5, 0.6) is 0 Å². The van der Waals surface area contributed by atoms with Crippen molar-refractivity contribution in [3.05, 3.63) is 22.7 Å². The van der Waals surface area contributed by atoms with Crippen molar-refractivity contribution in [2.45, 2.75) is 19.3 Å². The van der Waals surface area contributed by atoms with Gasteiger partial charge in [0.15, 0.2) is 5.78 Å². The highest BCUT2D eigenvalue weighted by molar-refractivity contribution is 6.34. The zero-order chi connectivity index (χ0) is 13.9. The molecule has 0 unspecified atom stereocenters. The Morgan fingerprint density at radius 3 is 2.90 bits per heavy atom. The van der Waals surface area contributed by atoms with E-state index in [-0.39, 0.29) is 5.78 Å². The highest BCUT2D eigenvalue weighted by atomic mass is 35.5. The molecule has 0 spiro atoms. The van der Waals surface area contributed by atoms with Crippen LogP contribution in [-0.4, -0.2) is 43.1 Å². The third-order valence-corrected chi connectivity index (χ3v) is 4.09. The van der Waals surface area contributed by atoms with Gasteiger partial charge in [-0.15, -0.1) is 0 Å². The maximum absolute atomic E-state index is 12.4. The minimum Gasteiger partial charge on any atom is -0.378 e. The molecular formula is C15H18ClN3O. The number of carbonyl (C=O) groups excluding carboxylic acids is 1. The van der Waals surface area contributed by atoms with Gasteiger partial charge in [-0.3, -0.25) is 14.7 Å². The van der Waals surface area contributed by atoms with E-state index in [1.165, 1.54) is 19.3 Å². The van der Waals surface area contributed by atoms with E-state index in [1.807, 2.05) is 6.07 Å². The molecule has 1 aromatic carbocycles. The number of rotatable bonds is 3.